The molecule has 23 heavy (non-hydrogen) atoms. The number of hydrogen-bond donors (Lipinski definition) is 1. The van der Waals surface area contributed by atoms with E-state index in [0.29, 0.717) is 11.3 Å². The number of carbonyl (C=O) groups excluding carboxylic acids is 2. The third-order valence-corrected chi connectivity index (χ3v) is 2.92. The summed E-state index contributed by atoms with van der Waals surface area (Å²) in [6, 6.07) is 10.6. The van der Waals surface area contributed by atoms with E-state index in [4.69, 9.17) is 9.47 Å². The van der Waals surface area contributed by atoms with Gasteiger partial charge in [0, 0.05) is 5.39 Å². The van der Waals surface area contributed by atoms with E-state index in [1.54, 1.807) is 32.9 Å². The molecule has 0 saturated heterocycles. The number of hydrogen-bond acceptors (Lipinski definition) is 4. The second-order valence-corrected chi connectivity index (χ2v) is 5.94. The molecule has 0 aliphatic carbocycles. The highest BCUT2D eigenvalue weighted by Gasteiger charge is 2.18. The highest BCUT2D eigenvalue weighted by atomic mass is 16.6. The molecule has 0 aliphatic rings. The number of benzene rings is 2. The molecule has 5 heteroatoms. The van der Waals surface area contributed by atoms with Gasteiger partial charge in [-0.05, 0) is 38.3 Å². The third-order valence-electron chi connectivity index (χ3n) is 2.92. The standard InChI is InChI=1S/C18H19NO4/c1-5-22-16(20)13-10-12-8-6-7-9-14(12)15(11-13)19-17(21)23-18(2,3)4/h5-11H,1H2,2-4H3,(H,19,21). The van der Waals surface area contributed by atoms with Crippen molar-refractivity contribution in [2.75, 3.05) is 5.32 Å². The molecule has 1 N–H and O–H groups in total. The molecule has 0 aliphatic heterocycles. The van der Waals surface area contributed by atoms with Crippen LogP contribution in [0.5, 0.6) is 0 Å². The molecule has 2 aromatic carbocycles. The van der Waals surface area contributed by atoms with Crippen LogP contribution in [0.2, 0.25) is 0 Å². The quantitative estimate of drug-likeness (QED) is 0.670. The zero-order valence-corrected chi connectivity index (χ0v) is 13.4. The first-order valence-corrected chi connectivity index (χ1v) is 7.15. The Kier molecular flexibility index (Phi) is 4.69. The van der Waals surface area contributed by atoms with Gasteiger partial charge in [-0.2, -0.15) is 0 Å². The summed E-state index contributed by atoms with van der Waals surface area (Å²) < 4.78 is 10.1. The van der Waals surface area contributed by atoms with Gasteiger partial charge in [0.15, 0.2) is 0 Å². The molecule has 2 aromatic rings. The number of carbonyl (C=O) groups is 2. The molecule has 0 spiro atoms. The summed E-state index contributed by atoms with van der Waals surface area (Å²) in [4.78, 5) is 23.9. The van der Waals surface area contributed by atoms with Crippen molar-refractivity contribution < 1.29 is 19.1 Å². The van der Waals surface area contributed by atoms with Gasteiger partial charge in [-0.1, -0.05) is 30.8 Å². The maximum Gasteiger partial charge on any atom is 0.412 e. The van der Waals surface area contributed by atoms with Gasteiger partial charge in [-0.25, -0.2) is 9.59 Å². The lowest BCUT2D eigenvalue weighted by Gasteiger charge is -2.20. The fourth-order valence-electron chi connectivity index (χ4n) is 2.09. The van der Waals surface area contributed by atoms with Crippen LogP contribution < -0.4 is 5.32 Å². The summed E-state index contributed by atoms with van der Waals surface area (Å²) in [6.07, 6.45) is 0.482. The van der Waals surface area contributed by atoms with Crippen LogP contribution >= 0.6 is 0 Å². The molecule has 0 atom stereocenters. The van der Waals surface area contributed by atoms with E-state index in [2.05, 4.69) is 11.9 Å². The Morgan fingerprint density at radius 1 is 1.17 bits per heavy atom. The molecule has 0 radical (unpaired) electrons. The number of nitrogens with one attached hydrogen (secondary N) is 1. The molecule has 0 bridgehead atoms. The van der Waals surface area contributed by atoms with Gasteiger partial charge in [-0.15, -0.1) is 0 Å². The van der Waals surface area contributed by atoms with Crippen LogP contribution in [0.25, 0.3) is 10.8 Å². The minimum Gasteiger partial charge on any atom is -0.444 e. The summed E-state index contributed by atoms with van der Waals surface area (Å²) >= 11 is 0. The fourth-order valence-corrected chi connectivity index (χ4v) is 2.09. The smallest absolute Gasteiger partial charge is 0.412 e. The Labute approximate surface area is 134 Å². The lowest BCUT2D eigenvalue weighted by atomic mass is 10.0. The zero-order valence-electron chi connectivity index (χ0n) is 13.4. The Bertz CT molecular complexity index is 759. The molecule has 0 unspecified atom stereocenters. The van der Waals surface area contributed by atoms with Crippen molar-refractivity contribution in [3.8, 4) is 0 Å². The van der Waals surface area contributed by atoms with Gasteiger partial charge >= 0.3 is 12.1 Å². The van der Waals surface area contributed by atoms with Crippen molar-refractivity contribution in [1.29, 1.82) is 0 Å². The van der Waals surface area contributed by atoms with E-state index in [1.165, 1.54) is 0 Å². The molecular formula is C18H19NO4. The van der Waals surface area contributed by atoms with Crippen molar-refractivity contribution in [1.82, 2.24) is 0 Å². The number of esters is 1. The van der Waals surface area contributed by atoms with Crippen LogP contribution in [0, 0.1) is 0 Å². The Morgan fingerprint density at radius 2 is 1.87 bits per heavy atom. The minimum atomic E-state index is -0.612. The Balaban J connectivity index is 2.42. The van der Waals surface area contributed by atoms with Crippen LogP contribution in [0.15, 0.2) is 49.2 Å². The summed E-state index contributed by atoms with van der Waals surface area (Å²) in [6.45, 7) is 8.71. The number of rotatable bonds is 3. The van der Waals surface area contributed by atoms with Crippen molar-refractivity contribution in [3.05, 3.63) is 54.8 Å². The first-order valence-electron chi connectivity index (χ1n) is 7.15. The molecule has 2 rings (SSSR count). The van der Waals surface area contributed by atoms with E-state index in [0.717, 1.165) is 17.0 Å². The molecule has 1 amide bonds. The van der Waals surface area contributed by atoms with Crippen LogP contribution in [0.4, 0.5) is 10.5 Å². The largest absolute Gasteiger partial charge is 0.444 e. The Hall–Kier alpha value is -2.82. The van der Waals surface area contributed by atoms with Gasteiger partial charge in [0.1, 0.15) is 5.60 Å². The molecule has 120 valence electrons. The van der Waals surface area contributed by atoms with E-state index in [1.807, 2.05) is 24.3 Å². The van der Waals surface area contributed by atoms with E-state index < -0.39 is 17.7 Å². The van der Waals surface area contributed by atoms with Crippen molar-refractivity contribution in [2.45, 2.75) is 26.4 Å². The average Bonchev–Trinajstić information content (AvgIpc) is 2.45. The zero-order chi connectivity index (χ0) is 17.0. The summed E-state index contributed by atoms with van der Waals surface area (Å²) in [5.41, 5.74) is 0.183. The van der Waals surface area contributed by atoms with Crippen LogP contribution in [0.3, 0.4) is 0 Å². The SMILES string of the molecule is C=COC(=O)c1cc(NC(=O)OC(C)(C)C)c2ccccc2c1. The molecule has 5 nitrogen and oxygen atoms in total. The fraction of sp³-hybridized carbons (Fsp3) is 0.222. The molecule has 0 fully saturated rings. The van der Waals surface area contributed by atoms with Crippen LogP contribution in [0.1, 0.15) is 31.1 Å². The number of ether oxygens (including phenoxy) is 2. The molecular weight excluding hydrogens is 294 g/mol. The average molecular weight is 313 g/mol. The summed E-state index contributed by atoms with van der Waals surface area (Å²) in [5, 5.41) is 4.29. The second kappa shape index (κ2) is 6.52. The predicted molar refractivity (Wildman–Crippen MR) is 89.4 cm³/mol. The molecule has 0 aromatic heterocycles. The normalized spacial score (nSPS) is 10.9. The predicted octanol–water partition coefficient (Wildman–Crippen LogP) is 4.49. The minimum absolute atomic E-state index is 0.314. The Morgan fingerprint density at radius 3 is 2.52 bits per heavy atom. The lowest BCUT2D eigenvalue weighted by Crippen LogP contribution is -2.27. The topological polar surface area (TPSA) is 64.6 Å². The first kappa shape index (κ1) is 16.5. The molecule has 0 heterocycles. The van der Waals surface area contributed by atoms with Crippen LogP contribution in [-0.4, -0.2) is 17.7 Å². The van der Waals surface area contributed by atoms with E-state index >= 15 is 0 Å². The highest BCUT2D eigenvalue weighted by Crippen LogP contribution is 2.26. The van der Waals surface area contributed by atoms with Gasteiger partial charge in [-0.3, -0.25) is 5.32 Å². The van der Waals surface area contributed by atoms with Crippen molar-refractivity contribution in [2.24, 2.45) is 0 Å². The number of anilines is 1. The van der Waals surface area contributed by atoms with Gasteiger partial charge < -0.3 is 9.47 Å². The van der Waals surface area contributed by atoms with Crippen molar-refractivity contribution in [3.63, 3.8) is 0 Å². The van der Waals surface area contributed by atoms with E-state index in [-0.39, 0.29) is 0 Å². The highest BCUT2D eigenvalue weighted by molar-refractivity contribution is 6.05. The number of amides is 1. The van der Waals surface area contributed by atoms with Gasteiger partial charge in [0.05, 0.1) is 17.5 Å². The maximum absolute atomic E-state index is 12.0. The first-order chi connectivity index (χ1) is 10.8. The van der Waals surface area contributed by atoms with Crippen molar-refractivity contribution >= 4 is 28.5 Å². The van der Waals surface area contributed by atoms with Crippen LogP contribution in [-0.2, 0) is 9.47 Å². The van der Waals surface area contributed by atoms with Gasteiger partial charge in [0.25, 0.3) is 0 Å². The van der Waals surface area contributed by atoms with Gasteiger partial charge in [0.2, 0.25) is 0 Å². The summed E-state index contributed by atoms with van der Waals surface area (Å²) in [7, 11) is 0. The second-order valence-electron chi connectivity index (χ2n) is 5.94. The number of fused-ring (bicyclic) bond motifs is 1. The van der Waals surface area contributed by atoms with E-state index in [9.17, 15) is 9.59 Å². The maximum atomic E-state index is 12.0. The summed E-state index contributed by atoms with van der Waals surface area (Å²) in [5.74, 6) is -0.544. The monoisotopic (exact) mass is 313 g/mol. The molecule has 0 saturated carbocycles. The lowest BCUT2D eigenvalue weighted by molar-refractivity contribution is 0.0630. The third kappa shape index (κ3) is 4.32.